The number of aryl methyl sites for hydroxylation is 1. The number of thiazole rings is 1. The van der Waals surface area contributed by atoms with E-state index in [2.05, 4.69) is 36.5 Å². The van der Waals surface area contributed by atoms with Crippen LogP contribution in [0.5, 0.6) is 0 Å². The molecule has 1 aliphatic rings. The zero-order valence-corrected chi connectivity index (χ0v) is 13.4. The van der Waals surface area contributed by atoms with Crippen LogP contribution in [0.1, 0.15) is 56.7 Å². The van der Waals surface area contributed by atoms with Crippen molar-refractivity contribution < 1.29 is 0 Å². The van der Waals surface area contributed by atoms with Crippen LogP contribution in [0.25, 0.3) is 0 Å². The molecule has 1 fully saturated rings. The first-order chi connectivity index (χ1) is 9.15. The van der Waals surface area contributed by atoms with Gasteiger partial charge in [0, 0.05) is 30.1 Å². The fourth-order valence-corrected chi connectivity index (χ4v) is 3.88. The smallest absolute Gasteiger partial charge is 0.0940 e. The summed E-state index contributed by atoms with van der Waals surface area (Å²) in [5.41, 5.74) is 1.16. The Morgan fingerprint density at radius 2 is 2.16 bits per heavy atom. The lowest BCUT2D eigenvalue weighted by molar-refractivity contribution is 0.338. The highest BCUT2D eigenvalue weighted by Gasteiger charge is 2.20. The molecule has 19 heavy (non-hydrogen) atoms. The van der Waals surface area contributed by atoms with Crippen molar-refractivity contribution in [2.75, 3.05) is 6.54 Å². The van der Waals surface area contributed by atoms with E-state index in [1.165, 1.54) is 37.1 Å². The van der Waals surface area contributed by atoms with E-state index in [1.807, 2.05) is 0 Å². The van der Waals surface area contributed by atoms with E-state index in [0.29, 0.717) is 0 Å². The van der Waals surface area contributed by atoms with Gasteiger partial charge in [-0.15, -0.1) is 11.3 Å². The Balaban J connectivity index is 1.68. The Labute approximate surface area is 122 Å². The molecular weight excluding hydrogens is 252 g/mol. The van der Waals surface area contributed by atoms with Crippen molar-refractivity contribution in [1.29, 1.82) is 0 Å². The van der Waals surface area contributed by atoms with Crippen LogP contribution in [0.2, 0.25) is 0 Å². The van der Waals surface area contributed by atoms with Gasteiger partial charge >= 0.3 is 0 Å². The number of rotatable bonds is 5. The van der Waals surface area contributed by atoms with Crippen molar-refractivity contribution in [3.05, 3.63) is 16.1 Å². The number of nitrogens with one attached hydrogen (secondary N) is 1. The first kappa shape index (κ1) is 15.0. The summed E-state index contributed by atoms with van der Waals surface area (Å²) in [5.74, 6) is 1.81. The minimum absolute atomic E-state index is 0.741. The Morgan fingerprint density at radius 1 is 1.32 bits per heavy atom. The summed E-state index contributed by atoms with van der Waals surface area (Å²) in [6, 6.07) is 0.741. The van der Waals surface area contributed by atoms with Gasteiger partial charge in [-0.25, -0.2) is 4.98 Å². The Hall–Kier alpha value is -0.410. The second-order valence-electron chi connectivity index (χ2n) is 6.30. The molecule has 0 saturated heterocycles. The summed E-state index contributed by atoms with van der Waals surface area (Å²) in [7, 11) is 0. The quantitative estimate of drug-likeness (QED) is 0.818. The summed E-state index contributed by atoms with van der Waals surface area (Å²) < 4.78 is 0. The van der Waals surface area contributed by atoms with Gasteiger partial charge in [0.2, 0.25) is 0 Å². The van der Waals surface area contributed by atoms with E-state index in [-0.39, 0.29) is 0 Å². The van der Waals surface area contributed by atoms with Crippen LogP contribution in [0, 0.1) is 18.8 Å². The van der Waals surface area contributed by atoms with Gasteiger partial charge in [-0.2, -0.15) is 0 Å². The molecule has 108 valence electrons. The first-order valence-electron chi connectivity index (χ1n) is 7.79. The molecule has 0 aliphatic heterocycles. The normalized spacial score (nSPS) is 24.6. The minimum Gasteiger partial charge on any atom is -0.314 e. The number of aromatic nitrogens is 1. The van der Waals surface area contributed by atoms with Crippen molar-refractivity contribution in [3.8, 4) is 0 Å². The van der Waals surface area contributed by atoms with E-state index in [0.717, 1.165) is 36.5 Å². The average molecular weight is 280 g/mol. The van der Waals surface area contributed by atoms with Gasteiger partial charge in [0.15, 0.2) is 0 Å². The van der Waals surface area contributed by atoms with Crippen LogP contribution < -0.4 is 5.32 Å². The molecule has 0 spiro atoms. The second kappa shape index (κ2) is 7.39. The lowest BCUT2D eigenvalue weighted by Crippen LogP contribution is -2.30. The molecule has 2 nitrogen and oxygen atoms in total. The van der Waals surface area contributed by atoms with E-state index in [4.69, 9.17) is 0 Å². The van der Waals surface area contributed by atoms with Crippen molar-refractivity contribution in [1.82, 2.24) is 10.3 Å². The van der Waals surface area contributed by atoms with Gasteiger partial charge in [0.1, 0.15) is 0 Å². The number of nitrogens with zero attached hydrogens (tertiary/aromatic N) is 1. The molecule has 0 aromatic carbocycles. The molecule has 0 bridgehead atoms. The summed E-state index contributed by atoms with van der Waals surface area (Å²) in [5, 5.41) is 7.17. The van der Waals surface area contributed by atoms with Crippen molar-refractivity contribution >= 4 is 11.3 Å². The highest BCUT2D eigenvalue weighted by atomic mass is 32.1. The van der Waals surface area contributed by atoms with E-state index in [1.54, 1.807) is 11.3 Å². The second-order valence-corrected chi connectivity index (χ2v) is 7.24. The van der Waals surface area contributed by atoms with Gasteiger partial charge in [-0.3, -0.25) is 0 Å². The average Bonchev–Trinajstić information content (AvgIpc) is 2.64. The fourth-order valence-electron chi connectivity index (χ4n) is 3.10. The van der Waals surface area contributed by atoms with Crippen LogP contribution in [0.4, 0.5) is 0 Å². The zero-order chi connectivity index (χ0) is 13.7. The molecule has 3 heteroatoms. The summed E-state index contributed by atoms with van der Waals surface area (Å²) in [4.78, 5) is 4.53. The molecule has 2 atom stereocenters. The van der Waals surface area contributed by atoms with Gasteiger partial charge in [-0.05, 0) is 38.0 Å². The van der Waals surface area contributed by atoms with E-state index < -0.39 is 0 Å². The number of hydrogen-bond acceptors (Lipinski definition) is 3. The highest BCUT2D eigenvalue weighted by Crippen LogP contribution is 2.28. The lowest BCUT2D eigenvalue weighted by Gasteiger charge is -2.19. The lowest BCUT2D eigenvalue weighted by atomic mass is 9.89. The van der Waals surface area contributed by atoms with Crippen molar-refractivity contribution in [2.45, 2.75) is 65.3 Å². The Morgan fingerprint density at radius 3 is 2.84 bits per heavy atom. The van der Waals surface area contributed by atoms with Gasteiger partial charge in [0.25, 0.3) is 0 Å². The Kier molecular flexibility index (Phi) is 5.83. The minimum atomic E-state index is 0.741. The standard InChI is InChI=1S/C16H28N2S/c1-12(2)14-5-4-6-15(8-7-14)17-10-9-16-18-13(3)11-19-16/h11-12,14-15,17H,4-10H2,1-3H3. The molecule has 1 N–H and O–H groups in total. The van der Waals surface area contributed by atoms with Crippen molar-refractivity contribution in [3.63, 3.8) is 0 Å². The fraction of sp³-hybridized carbons (Fsp3) is 0.812. The molecule has 1 aliphatic carbocycles. The molecule has 1 aromatic heterocycles. The van der Waals surface area contributed by atoms with E-state index >= 15 is 0 Å². The van der Waals surface area contributed by atoms with Crippen LogP contribution in [-0.2, 0) is 6.42 Å². The molecule has 1 heterocycles. The topological polar surface area (TPSA) is 24.9 Å². The van der Waals surface area contributed by atoms with Gasteiger partial charge in [-0.1, -0.05) is 26.7 Å². The third-order valence-electron chi connectivity index (χ3n) is 4.39. The van der Waals surface area contributed by atoms with Crippen LogP contribution in [-0.4, -0.2) is 17.6 Å². The number of hydrogen-bond donors (Lipinski definition) is 1. The molecule has 0 amide bonds. The van der Waals surface area contributed by atoms with Crippen molar-refractivity contribution in [2.24, 2.45) is 11.8 Å². The van der Waals surface area contributed by atoms with Crippen LogP contribution in [0.3, 0.4) is 0 Å². The maximum absolute atomic E-state index is 4.53. The van der Waals surface area contributed by atoms with Crippen LogP contribution in [0.15, 0.2) is 5.38 Å². The molecule has 2 rings (SSSR count). The Bertz CT molecular complexity index is 373. The molecule has 0 radical (unpaired) electrons. The van der Waals surface area contributed by atoms with Gasteiger partial charge in [0.05, 0.1) is 5.01 Å². The monoisotopic (exact) mass is 280 g/mol. The zero-order valence-electron chi connectivity index (χ0n) is 12.6. The van der Waals surface area contributed by atoms with E-state index in [9.17, 15) is 0 Å². The summed E-state index contributed by atoms with van der Waals surface area (Å²) in [6.07, 6.45) is 8.05. The summed E-state index contributed by atoms with van der Waals surface area (Å²) >= 11 is 1.79. The largest absolute Gasteiger partial charge is 0.314 e. The molecule has 2 unspecified atom stereocenters. The highest BCUT2D eigenvalue weighted by molar-refractivity contribution is 7.09. The van der Waals surface area contributed by atoms with Gasteiger partial charge < -0.3 is 5.32 Å². The third-order valence-corrected chi connectivity index (χ3v) is 5.42. The molecule has 1 aromatic rings. The SMILES string of the molecule is Cc1csc(CCNC2CCCC(C(C)C)CC2)n1. The molecular formula is C16H28N2S. The maximum atomic E-state index is 4.53. The third kappa shape index (κ3) is 4.88. The predicted octanol–water partition coefficient (Wildman–Crippen LogP) is 4.19. The maximum Gasteiger partial charge on any atom is 0.0940 e. The first-order valence-corrected chi connectivity index (χ1v) is 8.67. The summed E-state index contributed by atoms with van der Waals surface area (Å²) in [6.45, 7) is 7.92. The molecule has 1 saturated carbocycles. The van der Waals surface area contributed by atoms with Crippen LogP contribution >= 0.6 is 11.3 Å². The predicted molar refractivity (Wildman–Crippen MR) is 83.8 cm³/mol.